The van der Waals surface area contributed by atoms with Crippen molar-refractivity contribution < 1.29 is 27.8 Å². The molecule has 1 aromatic heterocycles. The monoisotopic (exact) mass is 471 g/mol. The molecule has 1 fully saturated rings. The first-order chi connectivity index (χ1) is 16.5. The summed E-state index contributed by atoms with van der Waals surface area (Å²) in [6.07, 6.45) is 5.72. The number of carbonyl (C=O) groups is 1. The number of hydrogen-bond donors (Lipinski definition) is 2. The number of H-pyrrole nitrogens is 1. The highest BCUT2D eigenvalue weighted by Crippen LogP contribution is 2.27. The van der Waals surface area contributed by atoms with E-state index in [9.17, 15) is 13.6 Å². The number of aromatic nitrogens is 2. The van der Waals surface area contributed by atoms with Crippen molar-refractivity contribution >= 4 is 5.91 Å². The highest BCUT2D eigenvalue weighted by Gasteiger charge is 2.26. The smallest absolute Gasteiger partial charge is 0.254 e. The van der Waals surface area contributed by atoms with E-state index in [1.54, 1.807) is 6.20 Å². The third-order valence-corrected chi connectivity index (χ3v) is 5.73. The zero-order valence-electron chi connectivity index (χ0n) is 18.6. The molecule has 1 atom stereocenters. The van der Waals surface area contributed by atoms with Crippen LogP contribution in [0.4, 0.5) is 8.78 Å². The molecule has 3 aromatic rings. The molecule has 9 heteroatoms. The van der Waals surface area contributed by atoms with Gasteiger partial charge in [-0.25, -0.2) is 8.78 Å². The van der Waals surface area contributed by atoms with Crippen LogP contribution in [0.5, 0.6) is 11.5 Å². The number of benzene rings is 2. The topological polar surface area (TPSA) is 85.5 Å². The summed E-state index contributed by atoms with van der Waals surface area (Å²) < 4.78 is 44.2. The summed E-state index contributed by atoms with van der Waals surface area (Å²) in [7, 11) is 0. The van der Waals surface area contributed by atoms with Gasteiger partial charge in [-0.2, -0.15) is 5.10 Å². The summed E-state index contributed by atoms with van der Waals surface area (Å²) in [5.41, 5.74) is 0.513. The van der Waals surface area contributed by atoms with Crippen molar-refractivity contribution in [1.29, 1.82) is 0 Å². The molecule has 1 aliphatic carbocycles. The molecule has 0 radical (unpaired) electrons. The Balaban J connectivity index is 1.28. The van der Waals surface area contributed by atoms with Gasteiger partial charge < -0.3 is 19.5 Å². The van der Waals surface area contributed by atoms with Gasteiger partial charge in [-0.1, -0.05) is 0 Å². The molecule has 0 bridgehead atoms. The number of rotatable bonds is 10. The maximum atomic E-state index is 13.3. The molecular weight excluding hydrogens is 444 g/mol. The number of nitrogens with zero attached hydrogens (tertiary/aromatic N) is 1. The minimum absolute atomic E-state index is 0.0388. The largest absolute Gasteiger partial charge is 0.487 e. The van der Waals surface area contributed by atoms with Gasteiger partial charge in [0.1, 0.15) is 23.1 Å². The number of nitrogens with one attached hydrogen (secondary N) is 2. The minimum Gasteiger partial charge on any atom is -0.487 e. The quantitative estimate of drug-likeness (QED) is 0.426. The molecule has 2 aromatic carbocycles. The summed E-state index contributed by atoms with van der Waals surface area (Å²) in [5, 5.41) is 9.37. The first-order valence-corrected chi connectivity index (χ1v) is 11.3. The molecule has 1 aliphatic rings. The zero-order chi connectivity index (χ0) is 23.8. The fraction of sp³-hybridized carbons (Fsp3) is 0.360. The van der Waals surface area contributed by atoms with E-state index < -0.39 is 6.29 Å². The normalized spacial score (nSPS) is 18.8. The number of halogens is 2. The number of aromatic amines is 1. The van der Waals surface area contributed by atoms with Gasteiger partial charge >= 0.3 is 0 Å². The van der Waals surface area contributed by atoms with Gasteiger partial charge in [0, 0.05) is 12.7 Å². The van der Waals surface area contributed by atoms with Crippen LogP contribution in [0.1, 0.15) is 36.0 Å². The Morgan fingerprint density at radius 1 is 1.00 bits per heavy atom. The van der Waals surface area contributed by atoms with Crippen molar-refractivity contribution in [3.8, 4) is 11.5 Å². The summed E-state index contributed by atoms with van der Waals surface area (Å²) in [4.78, 5) is 12.1. The van der Waals surface area contributed by atoms with Gasteiger partial charge in [0.15, 0.2) is 6.61 Å². The fourth-order valence-corrected chi connectivity index (χ4v) is 3.86. The third-order valence-electron chi connectivity index (χ3n) is 5.73. The van der Waals surface area contributed by atoms with Crippen LogP contribution >= 0.6 is 0 Å². The second kappa shape index (κ2) is 11.6. The van der Waals surface area contributed by atoms with Crippen LogP contribution < -0.4 is 14.8 Å². The summed E-state index contributed by atoms with van der Waals surface area (Å²) >= 11 is 0. The first-order valence-electron chi connectivity index (χ1n) is 11.3. The van der Waals surface area contributed by atoms with E-state index >= 15 is 0 Å². The Morgan fingerprint density at radius 3 is 2.26 bits per heavy atom. The molecule has 0 saturated heterocycles. The van der Waals surface area contributed by atoms with Gasteiger partial charge in [0.05, 0.1) is 17.9 Å². The summed E-state index contributed by atoms with van der Waals surface area (Å²) in [5.74, 6) is 0.478. The summed E-state index contributed by atoms with van der Waals surface area (Å²) in [6, 6.07) is 11.4. The molecule has 1 heterocycles. The molecule has 180 valence electrons. The maximum Gasteiger partial charge on any atom is 0.254 e. The van der Waals surface area contributed by atoms with E-state index in [1.165, 1.54) is 54.7 Å². The number of hydrogen-bond acceptors (Lipinski definition) is 5. The number of carbonyl (C=O) groups excluding carboxylic acids is 1. The van der Waals surface area contributed by atoms with Gasteiger partial charge in [-0.15, -0.1) is 0 Å². The van der Waals surface area contributed by atoms with Gasteiger partial charge in [-0.05, 0) is 80.1 Å². The Kier molecular flexibility index (Phi) is 8.08. The molecule has 7 nitrogen and oxygen atoms in total. The lowest BCUT2D eigenvalue weighted by Gasteiger charge is -2.31. The number of ether oxygens (including phenoxy) is 3. The second-order valence-corrected chi connectivity index (χ2v) is 8.24. The van der Waals surface area contributed by atoms with Crippen LogP contribution in [0, 0.1) is 17.6 Å². The third kappa shape index (κ3) is 7.02. The summed E-state index contributed by atoms with van der Waals surface area (Å²) in [6.45, 7) is 0.684. The Morgan fingerprint density at radius 2 is 1.65 bits per heavy atom. The molecule has 0 spiro atoms. The van der Waals surface area contributed by atoms with Crippen LogP contribution in [0.15, 0.2) is 60.9 Å². The van der Waals surface area contributed by atoms with E-state index in [0.29, 0.717) is 29.5 Å². The van der Waals surface area contributed by atoms with Gasteiger partial charge in [0.25, 0.3) is 5.91 Å². The molecule has 0 aliphatic heterocycles. The van der Waals surface area contributed by atoms with Crippen molar-refractivity contribution in [2.75, 3.05) is 13.2 Å². The predicted molar refractivity (Wildman–Crippen MR) is 120 cm³/mol. The van der Waals surface area contributed by atoms with E-state index in [4.69, 9.17) is 14.2 Å². The van der Waals surface area contributed by atoms with Gasteiger partial charge in [0.2, 0.25) is 6.29 Å². The average molecular weight is 472 g/mol. The van der Waals surface area contributed by atoms with Crippen molar-refractivity contribution in [3.63, 3.8) is 0 Å². The SMILES string of the molecule is O=C(NCC1CCC(OC(COc2ccc(F)cc2)Oc2ccc(F)cc2)CC1)c1cn[nH]c1. The van der Waals surface area contributed by atoms with Crippen LogP contribution in [0.2, 0.25) is 0 Å². The average Bonchev–Trinajstić information content (AvgIpc) is 3.39. The minimum atomic E-state index is -0.724. The molecule has 2 N–H and O–H groups in total. The van der Waals surface area contributed by atoms with Crippen molar-refractivity contribution in [1.82, 2.24) is 15.5 Å². The Labute approximate surface area is 196 Å². The van der Waals surface area contributed by atoms with Crippen LogP contribution in [0.25, 0.3) is 0 Å². The second-order valence-electron chi connectivity index (χ2n) is 8.24. The maximum absolute atomic E-state index is 13.3. The van der Waals surface area contributed by atoms with Crippen molar-refractivity contribution in [3.05, 3.63) is 78.1 Å². The molecule has 34 heavy (non-hydrogen) atoms. The van der Waals surface area contributed by atoms with Crippen LogP contribution in [0.3, 0.4) is 0 Å². The van der Waals surface area contributed by atoms with E-state index in [0.717, 1.165) is 25.7 Å². The predicted octanol–water partition coefficient (Wildman–Crippen LogP) is 4.48. The van der Waals surface area contributed by atoms with Crippen LogP contribution in [-0.2, 0) is 4.74 Å². The van der Waals surface area contributed by atoms with E-state index in [1.807, 2.05) is 0 Å². The van der Waals surface area contributed by atoms with E-state index in [2.05, 4.69) is 15.5 Å². The molecule has 4 rings (SSSR count). The van der Waals surface area contributed by atoms with E-state index in [-0.39, 0.29) is 30.3 Å². The van der Waals surface area contributed by atoms with Crippen molar-refractivity contribution in [2.45, 2.75) is 38.1 Å². The van der Waals surface area contributed by atoms with Crippen LogP contribution in [-0.4, -0.2) is 41.7 Å². The molecule has 1 amide bonds. The highest BCUT2D eigenvalue weighted by atomic mass is 19.1. The first kappa shape index (κ1) is 23.7. The lowest BCUT2D eigenvalue weighted by atomic mass is 9.87. The highest BCUT2D eigenvalue weighted by molar-refractivity contribution is 5.93. The molecule has 1 saturated carbocycles. The fourth-order valence-electron chi connectivity index (χ4n) is 3.86. The lowest BCUT2D eigenvalue weighted by Crippen LogP contribution is -2.36. The lowest BCUT2D eigenvalue weighted by molar-refractivity contribution is -0.145. The zero-order valence-corrected chi connectivity index (χ0v) is 18.6. The van der Waals surface area contributed by atoms with Crippen molar-refractivity contribution in [2.24, 2.45) is 5.92 Å². The molecular formula is C25H27F2N3O4. The standard InChI is InChI=1S/C25H27F2N3O4/c26-19-3-9-21(10-4-19)32-16-24(34-23-11-5-20(27)6-12-23)33-22-7-1-17(2-8-22)13-28-25(31)18-14-29-30-15-18/h3-6,9-12,14-15,17,22,24H,1-2,7-8,13,16H2,(H,28,31)(H,29,30). The number of amides is 1. The Bertz CT molecular complexity index is 1020. The van der Waals surface area contributed by atoms with Gasteiger partial charge in [-0.3, -0.25) is 9.89 Å². The molecule has 1 unspecified atom stereocenters. The Hall–Kier alpha value is -3.46.